The van der Waals surface area contributed by atoms with Gasteiger partial charge in [-0.05, 0) is 0 Å². The summed E-state index contributed by atoms with van der Waals surface area (Å²) in [6.07, 6.45) is 7.06. The molecule has 0 aromatic carbocycles. The molecule has 0 spiro atoms. The van der Waals surface area contributed by atoms with Gasteiger partial charge < -0.3 is 0 Å². The lowest BCUT2D eigenvalue weighted by Crippen LogP contribution is -2.21. The van der Waals surface area contributed by atoms with Crippen LogP contribution in [0.3, 0.4) is 0 Å². The Morgan fingerprint density at radius 3 is 3.25 bits per heavy atom. The van der Waals surface area contributed by atoms with E-state index in [2.05, 4.69) is 15.4 Å². The zero-order valence-electron chi connectivity index (χ0n) is 6.44. The standard InChI is InChI=1S/C7H9N5/c8-11-4-6-3-10-7-5-9-1-2-12(6)7/h1-3,5,11H,4,8H2. The lowest BCUT2D eigenvalue weighted by molar-refractivity contribution is 0.717. The van der Waals surface area contributed by atoms with Gasteiger partial charge in [-0.25, -0.2) is 4.98 Å². The molecule has 0 unspecified atom stereocenters. The Balaban J connectivity index is 2.55. The van der Waals surface area contributed by atoms with E-state index in [0.717, 1.165) is 11.3 Å². The van der Waals surface area contributed by atoms with Crippen molar-refractivity contribution in [2.45, 2.75) is 6.54 Å². The van der Waals surface area contributed by atoms with Gasteiger partial charge in [0.25, 0.3) is 0 Å². The van der Waals surface area contributed by atoms with E-state index in [9.17, 15) is 0 Å². The van der Waals surface area contributed by atoms with E-state index in [4.69, 9.17) is 5.84 Å². The van der Waals surface area contributed by atoms with Gasteiger partial charge in [0, 0.05) is 12.4 Å². The predicted molar refractivity (Wildman–Crippen MR) is 44.0 cm³/mol. The van der Waals surface area contributed by atoms with Crippen LogP contribution in [0.5, 0.6) is 0 Å². The van der Waals surface area contributed by atoms with Crippen LogP contribution in [-0.4, -0.2) is 14.4 Å². The van der Waals surface area contributed by atoms with Crippen molar-refractivity contribution in [1.82, 2.24) is 19.8 Å². The van der Waals surface area contributed by atoms with E-state index >= 15 is 0 Å². The molecule has 12 heavy (non-hydrogen) atoms. The molecule has 0 amide bonds. The van der Waals surface area contributed by atoms with Crippen LogP contribution in [0.15, 0.2) is 24.8 Å². The predicted octanol–water partition coefficient (Wildman–Crippen LogP) is -0.307. The number of nitrogens with one attached hydrogen (secondary N) is 1. The molecular weight excluding hydrogens is 154 g/mol. The molecule has 2 heterocycles. The highest BCUT2D eigenvalue weighted by Crippen LogP contribution is 2.02. The second-order valence-electron chi connectivity index (χ2n) is 2.43. The SMILES string of the molecule is NNCc1cnc2cnccn12. The minimum atomic E-state index is 0.602. The molecule has 0 radical (unpaired) electrons. The second-order valence-corrected chi connectivity index (χ2v) is 2.43. The number of nitrogens with zero attached hydrogens (tertiary/aromatic N) is 3. The molecule has 2 aromatic rings. The fourth-order valence-electron chi connectivity index (χ4n) is 1.13. The number of hydrazine groups is 1. The number of hydrogen-bond donors (Lipinski definition) is 2. The van der Waals surface area contributed by atoms with Crippen LogP contribution in [-0.2, 0) is 6.54 Å². The molecule has 5 nitrogen and oxygen atoms in total. The second kappa shape index (κ2) is 2.88. The van der Waals surface area contributed by atoms with Crippen molar-refractivity contribution in [3.63, 3.8) is 0 Å². The van der Waals surface area contributed by atoms with Gasteiger partial charge in [0.05, 0.1) is 24.6 Å². The van der Waals surface area contributed by atoms with Gasteiger partial charge in [-0.3, -0.25) is 20.7 Å². The van der Waals surface area contributed by atoms with Crippen LogP contribution in [0.1, 0.15) is 5.69 Å². The van der Waals surface area contributed by atoms with Crippen LogP contribution in [0.2, 0.25) is 0 Å². The van der Waals surface area contributed by atoms with Crippen LogP contribution >= 0.6 is 0 Å². The third-order valence-corrected chi connectivity index (χ3v) is 1.68. The normalized spacial score (nSPS) is 10.8. The van der Waals surface area contributed by atoms with E-state index < -0.39 is 0 Å². The number of hydrogen-bond acceptors (Lipinski definition) is 4. The molecule has 0 aliphatic heterocycles. The smallest absolute Gasteiger partial charge is 0.155 e. The summed E-state index contributed by atoms with van der Waals surface area (Å²) in [5, 5.41) is 0. The third kappa shape index (κ3) is 1.05. The van der Waals surface area contributed by atoms with Crippen molar-refractivity contribution in [3.8, 4) is 0 Å². The highest BCUT2D eigenvalue weighted by atomic mass is 15.2. The maximum atomic E-state index is 5.20. The van der Waals surface area contributed by atoms with Gasteiger partial charge in [0.1, 0.15) is 0 Å². The summed E-state index contributed by atoms with van der Waals surface area (Å²) in [6, 6.07) is 0. The minimum absolute atomic E-state index is 0.602. The number of nitrogens with two attached hydrogens (primary N) is 1. The Morgan fingerprint density at radius 1 is 1.50 bits per heavy atom. The zero-order chi connectivity index (χ0) is 8.39. The average Bonchev–Trinajstić information content (AvgIpc) is 2.50. The molecule has 0 bridgehead atoms. The van der Waals surface area contributed by atoms with Crippen LogP contribution in [0.25, 0.3) is 5.65 Å². The summed E-state index contributed by atoms with van der Waals surface area (Å²) in [5.74, 6) is 5.20. The van der Waals surface area contributed by atoms with E-state index in [1.165, 1.54) is 0 Å². The fraction of sp³-hybridized carbons (Fsp3) is 0.143. The Hall–Kier alpha value is -1.46. The molecule has 0 atom stereocenters. The van der Waals surface area contributed by atoms with Crippen molar-refractivity contribution in [2.24, 2.45) is 5.84 Å². The molecular formula is C7H9N5. The van der Waals surface area contributed by atoms with E-state index in [0.29, 0.717) is 6.54 Å². The largest absolute Gasteiger partial charge is 0.300 e. The number of rotatable bonds is 2. The summed E-state index contributed by atoms with van der Waals surface area (Å²) in [6.45, 7) is 0.602. The van der Waals surface area contributed by atoms with Gasteiger partial charge in [0.2, 0.25) is 0 Å². The number of aromatic nitrogens is 3. The molecule has 0 saturated heterocycles. The summed E-state index contributed by atoms with van der Waals surface area (Å²) < 4.78 is 1.94. The molecule has 62 valence electrons. The summed E-state index contributed by atoms with van der Waals surface area (Å²) in [4.78, 5) is 8.09. The molecule has 2 aromatic heterocycles. The molecule has 2 rings (SSSR count). The summed E-state index contributed by atoms with van der Waals surface area (Å²) >= 11 is 0. The third-order valence-electron chi connectivity index (χ3n) is 1.68. The molecule has 0 fully saturated rings. The average molecular weight is 163 g/mol. The molecule has 0 saturated carbocycles. The lowest BCUT2D eigenvalue weighted by atomic mass is 10.5. The molecule has 0 aliphatic carbocycles. The Morgan fingerprint density at radius 2 is 2.42 bits per heavy atom. The quantitative estimate of drug-likeness (QED) is 0.471. The Bertz CT molecular complexity index is 380. The maximum absolute atomic E-state index is 5.20. The lowest BCUT2D eigenvalue weighted by Gasteiger charge is -1.98. The van der Waals surface area contributed by atoms with Gasteiger partial charge >= 0.3 is 0 Å². The summed E-state index contributed by atoms with van der Waals surface area (Å²) in [5.41, 5.74) is 4.44. The highest BCUT2D eigenvalue weighted by molar-refractivity contribution is 5.36. The van der Waals surface area contributed by atoms with Crippen molar-refractivity contribution < 1.29 is 0 Å². The van der Waals surface area contributed by atoms with Crippen LogP contribution < -0.4 is 11.3 Å². The van der Waals surface area contributed by atoms with Gasteiger partial charge in [-0.15, -0.1) is 0 Å². The summed E-state index contributed by atoms with van der Waals surface area (Å²) in [7, 11) is 0. The van der Waals surface area contributed by atoms with Crippen molar-refractivity contribution in [1.29, 1.82) is 0 Å². The topological polar surface area (TPSA) is 68.2 Å². The van der Waals surface area contributed by atoms with E-state index in [-0.39, 0.29) is 0 Å². The Kier molecular flexibility index (Phi) is 1.73. The number of imidazole rings is 1. The first kappa shape index (κ1) is 7.20. The fourth-order valence-corrected chi connectivity index (χ4v) is 1.13. The first-order valence-corrected chi connectivity index (χ1v) is 3.61. The van der Waals surface area contributed by atoms with Crippen LogP contribution in [0, 0.1) is 0 Å². The molecule has 0 aliphatic rings. The minimum Gasteiger partial charge on any atom is -0.300 e. The van der Waals surface area contributed by atoms with Gasteiger partial charge in [-0.1, -0.05) is 0 Å². The van der Waals surface area contributed by atoms with Gasteiger partial charge in [0.15, 0.2) is 5.65 Å². The van der Waals surface area contributed by atoms with Crippen molar-refractivity contribution in [3.05, 3.63) is 30.5 Å². The van der Waals surface area contributed by atoms with E-state index in [1.54, 1.807) is 18.6 Å². The first-order chi connectivity index (χ1) is 5.92. The monoisotopic (exact) mass is 163 g/mol. The Labute approximate surface area is 69.2 Å². The van der Waals surface area contributed by atoms with Crippen LogP contribution in [0.4, 0.5) is 0 Å². The first-order valence-electron chi connectivity index (χ1n) is 3.61. The van der Waals surface area contributed by atoms with E-state index in [1.807, 2.05) is 10.6 Å². The molecule has 3 N–H and O–H groups in total. The van der Waals surface area contributed by atoms with Gasteiger partial charge in [-0.2, -0.15) is 0 Å². The zero-order valence-corrected chi connectivity index (χ0v) is 6.44. The van der Waals surface area contributed by atoms with Crippen molar-refractivity contribution in [2.75, 3.05) is 0 Å². The highest BCUT2D eigenvalue weighted by Gasteiger charge is 1.99. The maximum Gasteiger partial charge on any atom is 0.155 e. The van der Waals surface area contributed by atoms with Crippen molar-refractivity contribution >= 4 is 5.65 Å². The molecule has 5 heteroatoms. The number of fused-ring (bicyclic) bond motifs is 1.